The third kappa shape index (κ3) is 4.63. The summed E-state index contributed by atoms with van der Waals surface area (Å²) in [4.78, 5) is 24.1. The number of amides is 1. The van der Waals surface area contributed by atoms with Gasteiger partial charge in [-0.25, -0.2) is 0 Å². The van der Waals surface area contributed by atoms with Gasteiger partial charge in [0, 0.05) is 32.8 Å². The van der Waals surface area contributed by atoms with Crippen molar-refractivity contribution in [3.05, 3.63) is 20.8 Å². The summed E-state index contributed by atoms with van der Waals surface area (Å²) in [6, 6.07) is 0. The Labute approximate surface area is 138 Å². The van der Waals surface area contributed by atoms with Gasteiger partial charge in [-0.2, -0.15) is 0 Å². The first kappa shape index (κ1) is 17.6. The molecule has 2 rings (SSSR count). The van der Waals surface area contributed by atoms with E-state index in [4.69, 9.17) is 21.7 Å². The van der Waals surface area contributed by atoms with Crippen molar-refractivity contribution < 1.29 is 14.5 Å². The highest BCUT2D eigenvalue weighted by Crippen LogP contribution is 2.19. The Hall–Kier alpha value is -1.71. The molecule has 0 radical (unpaired) electrons. The number of carbonyl (C=O) groups excluding carboxylic acids is 1. The molecule has 2 aliphatic rings. The van der Waals surface area contributed by atoms with E-state index in [0.717, 1.165) is 12.8 Å². The quantitative estimate of drug-likeness (QED) is 0.221. The number of hydrogen-bond donors (Lipinski definition) is 3. The highest BCUT2D eigenvalue weighted by atomic mass is 35.5. The van der Waals surface area contributed by atoms with Crippen LogP contribution in [-0.4, -0.2) is 60.6 Å². The van der Waals surface area contributed by atoms with Crippen LogP contribution in [-0.2, 0) is 9.53 Å². The fraction of sp³-hybridized carbons (Fsp3) is 0.692. The molecule has 1 atom stereocenters. The van der Waals surface area contributed by atoms with E-state index in [-0.39, 0.29) is 5.70 Å². The maximum Gasteiger partial charge on any atom is 0.376 e. The Balaban J connectivity index is 2.20. The van der Waals surface area contributed by atoms with Gasteiger partial charge in [0.25, 0.3) is 5.91 Å². The highest BCUT2D eigenvalue weighted by Gasteiger charge is 2.30. The molecule has 9 nitrogen and oxygen atoms in total. The third-order valence-corrected chi connectivity index (χ3v) is 4.08. The second-order valence-electron chi connectivity index (χ2n) is 5.33. The van der Waals surface area contributed by atoms with Crippen LogP contribution >= 0.6 is 11.6 Å². The largest absolute Gasteiger partial charge is 0.376 e. The van der Waals surface area contributed by atoms with Gasteiger partial charge in [-0.3, -0.25) is 4.79 Å². The summed E-state index contributed by atoms with van der Waals surface area (Å²) < 4.78 is 5.46. The van der Waals surface area contributed by atoms with Crippen LogP contribution in [0.15, 0.2) is 10.7 Å². The van der Waals surface area contributed by atoms with E-state index < -0.39 is 27.9 Å². The van der Waals surface area contributed by atoms with Crippen molar-refractivity contribution in [2.75, 3.05) is 32.8 Å². The van der Waals surface area contributed by atoms with Gasteiger partial charge in [0.05, 0.1) is 0 Å². The van der Waals surface area contributed by atoms with Gasteiger partial charge in [-0.15, -0.1) is 0 Å². The molecule has 0 bridgehead atoms. The lowest BCUT2D eigenvalue weighted by atomic mass is 10.2. The number of nitrogens with one attached hydrogen (secondary N) is 3. The molecule has 3 N–H and O–H groups in total. The SMILES string of the molecule is N=C(/C(Cl)=C(\C(=O)NC1CCCCO1)N1CCNCC1)[N+](=O)[O-]. The van der Waals surface area contributed by atoms with Crippen molar-refractivity contribution in [3.63, 3.8) is 0 Å². The fourth-order valence-electron chi connectivity index (χ4n) is 2.53. The maximum atomic E-state index is 12.6. The number of carbonyl (C=O) groups is 1. The van der Waals surface area contributed by atoms with E-state index in [1.54, 1.807) is 4.90 Å². The molecule has 1 amide bonds. The van der Waals surface area contributed by atoms with Crippen molar-refractivity contribution in [1.29, 1.82) is 5.41 Å². The second-order valence-corrected chi connectivity index (χ2v) is 5.71. The Morgan fingerprint density at radius 1 is 1.39 bits per heavy atom. The summed E-state index contributed by atoms with van der Waals surface area (Å²) in [7, 11) is 0. The molecule has 23 heavy (non-hydrogen) atoms. The standard InChI is InChI=1S/C13H20ClN5O4/c14-10(12(15)19(21)22)11(18-6-4-16-5-7-18)13(20)17-9-3-1-2-8-23-9/h9,15-16H,1-8H2,(H,17,20)/b11-10-,15-12?. The van der Waals surface area contributed by atoms with E-state index in [1.165, 1.54) is 0 Å². The second kappa shape index (κ2) is 8.23. The van der Waals surface area contributed by atoms with E-state index in [1.807, 2.05) is 0 Å². The fourth-order valence-corrected chi connectivity index (χ4v) is 2.81. The van der Waals surface area contributed by atoms with Gasteiger partial charge in [0.15, 0.2) is 5.03 Å². The number of rotatable bonds is 4. The smallest absolute Gasteiger partial charge is 0.363 e. The molecule has 2 heterocycles. The molecule has 0 aromatic rings. The predicted octanol–water partition coefficient (Wildman–Crippen LogP) is 0.239. The Morgan fingerprint density at radius 3 is 2.65 bits per heavy atom. The Kier molecular flexibility index (Phi) is 6.31. The van der Waals surface area contributed by atoms with Crippen molar-refractivity contribution in [3.8, 4) is 0 Å². The summed E-state index contributed by atoms with van der Waals surface area (Å²) in [5.41, 5.74) is -0.0379. The van der Waals surface area contributed by atoms with Crippen molar-refractivity contribution in [2.45, 2.75) is 25.5 Å². The maximum absolute atomic E-state index is 12.6. The monoisotopic (exact) mass is 345 g/mol. The molecule has 0 aliphatic carbocycles. The Morgan fingerprint density at radius 2 is 2.09 bits per heavy atom. The summed E-state index contributed by atoms with van der Waals surface area (Å²) in [5.74, 6) is -1.53. The minimum absolute atomic E-state index is 0.0379. The van der Waals surface area contributed by atoms with Crippen molar-refractivity contribution in [1.82, 2.24) is 15.5 Å². The summed E-state index contributed by atoms with van der Waals surface area (Å²) in [6.45, 7) is 2.79. The third-order valence-electron chi connectivity index (χ3n) is 3.72. The van der Waals surface area contributed by atoms with Crippen LogP contribution in [0.3, 0.4) is 0 Å². The minimum atomic E-state index is -0.986. The van der Waals surface area contributed by atoms with E-state index in [9.17, 15) is 14.9 Å². The molecule has 10 heteroatoms. The summed E-state index contributed by atoms with van der Waals surface area (Å²) in [6.07, 6.45) is 2.14. The first-order valence-corrected chi connectivity index (χ1v) is 7.89. The zero-order valence-corrected chi connectivity index (χ0v) is 13.4. The van der Waals surface area contributed by atoms with Crippen molar-refractivity contribution in [2.24, 2.45) is 0 Å². The summed E-state index contributed by atoms with van der Waals surface area (Å²) >= 11 is 5.99. The van der Waals surface area contributed by atoms with Crippen LogP contribution < -0.4 is 10.6 Å². The topological polar surface area (TPSA) is 121 Å². The van der Waals surface area contributed by atoms with Crippen LogP contribution in [0.5, 0.6) is 0 Å². The molecule has 0 saturated carbocycles. The van der Waals surface area contributed by atoms with Crippen LogP contribution in [0.25, 0.3) is 0 Å². The number of amidine groups is 1. The molecule has 2 fully saturated rings. The first-order chi connectivity index (χ1) is 11.0. The molecule has 1 unspecified atom stereocenters. The molecule has 128 valence electrons. The van der Waals surface area contributed by atoms with Crippen LogP contribution in [0.1, 0.15) is 19.3 Å². The highest BCUT2D eigenvalue weighted by molar-refractivity contribution is 6.43. The predicted molar refractivity (Wildman–Crippen MR) is 83.8 cm³/mol. The van der Waals surface area contributed by atoms with Gasteiger partial charge in [0.1, 0.15) is 11.9 Å². The average molecular weight is 346 g/mol. The van der Waals surface area contributed by atoms with Gasteiger partial charge in [0.2, 0.25) is 0 Å². The molecule has 0 aromatic heterocycles. The van der Waals surface area contributed by atoms with Crippen LogP contribution in [0.2, 0.25) is 0 Å². The first-order valence-electron chi connectivity index (χ1n) is 7.52. The van der Waals surface area contributed by atoms with Crippen LogP contribution in [0.4, 0.5) is 0 Å². The van der Waals surface area contributed by atoms with Gasteiger partial charge in [-0.1, -0.05) is 17.0 Å². The molecular weight excluding hydrogens is 326 g/mol. The van der Waals surface area contributed by atoms with Gasteiger partial charge < -0.3 is 30.4 Å². The normalized spacial score (nSPS) is 23.0. The lowest BCUT2D eigenvalue weighted by Crippen LogP contribution is -2.49. The van der Waals surface area contributed by atoms with Gasteiger partial charge >= 0.3 is 5.84 Å². The molecule has 0 spiro atoms. The number of ether oxygens (including phenoxy) is 1. The number of hydrogen-bond acceptors (Lipinski definition) is 7. The molecule has 2 saturated heterocycles. The van der Waals surface area contributed by atoms with Crippen LogP contribution in [0, 0.1) is 15.5 Å². The Bertz CT molecular complexity index is 512. The zero-order valence-electron chi connectivity index (χ0n) is 12.6. The lowest BCUT2D eigenvalue weighted by molar-refractivity contribution is -0.350. The minimum Gasteiger partial charge on any atom is -0.363 e. The van der Waals surface area contributed by atoms with Gasteiger partial charge in [-0.05, 0) is 24.2 Å². The van der Waals surface area contributed by atoms with E-state index in [2.05, 4.69) is 10.6 Å². The number of piperazine rings is 1. The van der Waals surface area contributed by atoms with Crippen molar-refractivity contribution >= 4 is 23.3 Å². The average Bonchev–Trinajstić information content (AvgIpc) is 2.56. The molecule has 0 aromatic carbocycles. The lowest BCUT2D eigenvalue weighted by Gasteiger charge is -2.32. The molecular formula is C13H20ClN5O4. The summed E-state index contributed by atoms with van der Waals surface area (Å²) in [5, 5.41) is 23.7. The van der Waals surface area contributed by atoms with E-state index in [0.29, 0.717) is 39.2 Å². The number of nitrogens with zero attached hydrogens (tertiary/aromatic N) is 2. The molecule has 2 aliphatic heterocycles. The number of nitro groups is 1. The number of halogens is 1. The zero-order chi connectivity index (χ0) is 16.8. The van der Waals surface area contributed by atoms with E-state index >= 15 is 0 Å².